The number of nitrogens with one attached hydrogen (secondary N) is 1. The molecule has 152 valence electrons. The quantitative estimate of drug-likeness (QED) is 0.664. The second-order valence-corrected chi connectivity index (χ2v) is 7.43. The van der Waals surface area contributed by atoms with Crippen LogP contribution in [0.15, 0.2) is 54.6 Å². The minimum atomic E-state index is -0.283. The van der Waals surface area contributed by atoms with Crippen molar-refractivity contribution in [3.8, 4) is 0 Å². The number of benzene rings is 2. The van der Waals surface area contributed by atoms with Crippen LogP contribution in [0.3, 0.4) is 0 Å². The Morgan fingerprint density at radius 2 is 1.86 bits per heavy atom. The average molecular weight is 394 g/mol. The summed E-state index contributed by atoms with van der Waals surface area (Å²) in [6.45, 7) is 4.75. The lowest BCUT2D eigenvalue weighted by molar-refractivity contribution is 0.0940. The fraction of sp³-hybridized carbons (Fsp3) is 0.304. The molecule has 1 unspecified atom stereocenters. The van der Waals surface area contributed by atoms with Crippen LogP contribution in [0.25, 0.3) is 0 Å². The number of nitrogens with zero attached hydrogens (tertiary/aromatic N) is 3. The second-order valence-electron chi connectivity index (χ2n) is 7.43. The fourth-order valence-corrected chi connectivity index (χ4v) is 3.53. The van der Waals surface area contributed by atoms with E-state index in [9.17, 15) is 9.18 Å². The van der Waals surface area contributed by atoms with Crippen molar-refractivity contribution in [1.29, 1.82) is 0 Å². The van der Waals surface area contributed by atoms with Gasteiger partial charge in [-0.15, -0.1) is 0 Å². The van der Waals surface area contributed by atoms with Crippen LogP contribution < -0.4 is 5.32 Å². The van der Waals surface area contributed by atoms with E-state index < -0.39 is 0 Å². The molecule has 3 rings (SSSR count). The van der Waals surface area contributed by atoms with Crippen LogP contribution in [0.4, 0.5) is 4.39 Å². The predicted octanol–water partition coefficient (Wildman–Crippen LogP) is 3.72. The van der Waals surface area contributed by atoms with Gasteiger partial charge >= 0.3 is 0 Å². The molecule has 3 aromatic rings. The molecule has 0 bridgehead atoms. The van der Waals surface area contributed by atoms with Gasteiger partial charge in [0.05, 0.1) is 23.8 Å². The Balaban J connectivity index is 1.75. The van der Waals surface area contributed by atoms with Crippen LogP contribution in [0.1, 0.15) is 38.9 Å². The highest BCUT2D eigenvalue weighted by molar-refractivity contribution is 5.96. The van der Waals surface area contributed by atoms with E-state index in [-0.39, 0.29) is 17.8 Å². The van der Waals surface area contributed by atoms with E-state index in [0.717, 1.165) is 16.8 Å². The summed E-state index contributed by atoms with van der Waals surface area (Å²) in [4.78, 5) is 14.9. The normalized spacial score (nSPS) is 12.2. The first kappa shape index (κ1) is 20.7. The lowest BCUT2D eigenvalue weighted by atomic mass is 10.1. The summed E-state index contributed by atoms with van der Waals surface area (Å²) >= 11 is 0. The predicted molar refractivity (Wildman–Crippen MR) is 112 cm³/mol. The van der Waals surface area contributed by atoms with Crippen LogP contribution in [0.5, 0.6) is 0 Å². The van der Waals surface area contributed by atoms with E-state index in [4.69, 9.17) is 0 Å². The van der Waals surface area contributed by atoms with Crippen LogP contribution in [0, 0.1) is 19.7 Å². The van der Waals surface area contributed by atoms with Gasteiger partial charge in [-0.3, -0.25) is 9.48 Å². The molecule has 0 spiro atoms. The molecule has 1 heterocycles. The first-order chi connectivity index (χ1) is 13.9. The SMILES string of the molecule is Cc1nn(Cc2ccccc2)c(C)c1C(=O)NCC(c1cccc(F)c1)N(C)C. The Morgan fingerprint density at radius 3 is 2.52 bits per heavy atom. The molecular formula is C23H27FN4O. The van der Waals surface area contributed by atoms with Crippen molar-refractivity contribution in [3.05, 3.63) is 88.5 Å². The van der Waals surface area contributed by atoms with Gasteiger partial charge in [0, 0.05) is 12.2 Å². The molecule has 1 amide bonds. The number of aromatic nitrogens is 2. The maximum absolute atomic E-state index is 13.6. The summed E-state index contributed by atoms with van der Waals surface area (Å²) in [6.07, 6.45) is 0. The van der Waals surface area contributed by atoms with Crippen molar-refractivity contribution >= 4 is 5.91 Å². The van der Waals surface area contributed by atoms with Gasteiger partial charge < -0.3 is 10.2 Å². The van der Waals surface area contributed by atoms with Gasteiger partial charge in [-0.25, -0.2) is 4.39 Å². The number of rotatable bonds is 7. The first-order valence-electron chi connectivity index (χ1n) is 9.65. The van der Waals surface area contributed by atoms with E-state index in [1.54, 1.807) is 6.07 Å². The first-order valence-corrected chi connectivity index (χ1v) is 9.65. The third-order valence-electron chi connectivity index (χ3n) is 5.10. The van der Waals surface area contributed by atoms with Crippen molar-refractivity contribution in [2.45, 2.75) is 26.4 Å². The zero-order valence-electron chi connectivity index (χ0n) is 17.3. The van der Waals surface area contributed by atoms with Gasteiger partial charge in [-0.2, -0.15) is 5.10 Å². The van der Waals surface area contributed by atoms with E-state index in [1.807, 2.05) is 73.9 Å². The maximum atomic E-state index is 13.6. The topological polar surface area (TPSA) is 50.2 Å². The van der Waals surface area contributed by atoms with Crippen LogP contribution in [-0.2, 0) is 6.54 Å². The highest BCUT2D eigenvalue weighted by atomic mass is 19.1. The smallest absolute Gasteiger partial charge is 0.255 e. The molecule has 5 nitrogen and oxygen atoms in total. The van der Waals surface area contributed by atoms with E-state index in [1.165, 1.54) is 12.1 Å². The van der Waals surface area contributed by atoms with Gasteiger partial charge in [-0.1, -0.05) is 42.5 Å². The summed E-state index contributed by atoms with van der Waals surface area (Å²) in [5, 5.41) is 7.56. The number of carbonyl (C=O) groups excluding carboxylic acids is 1. The molecule has 0 aliphatic heterocycles. The molecule has 6 heteroatoms. The minimum Gasteiger partial charge on any atom is -0.350 e. The molecule has 2 aromatic carbocycles. The molecular weight excluding hydrogens is 367 g/mol. The Hall–Kier alpha value is -2.99. The van der Waals surface area contributed by atoms with Crippen molar-refractivity contribution < 1.29 is 9.18 Å². The number of amides is 1. The van der Waals surface area contributed by atoms with Gasteiger partial charge in [0.25, 0.3) is 5.91 Å². The van der Waals surface area contributed by atoms with Crippen molar-refractivity contribution in [3.63, 3.8) is 0 Å². The van der Waals surface area contributed by atoms with E-state index in [0.29, 0.717) is 24.3 Å². The molecule has 0 fully saturated rings. The molecule has 1 N–H and O–H groups in total. The number of halogens is 1. The summed E-state index contributed by atoms with van der Waals surface area (Å²) < 4.78 is 15.5. The fourth-order valence-electron chi connectivity index (χ4n) is 3.53. The molecule has 1 aromatic heterocycles. The van der Waals surface area contributed by atoms with Crippen molar-refractivity contribution in [1.82, 2.24) is 20.0 Å². The summed E-state index contributed by atoms with van der Waals surface area (Å²) in [5.41, 5.74) is 4.07. The number of carbonyl (C=O) groups is 1. The largest absolute Gasteiger partial charge is 0.350 e. The van der Waals surface area contributed by atoms with Gasteiger partial charge in [-0.05, 0) is 51.2 Å². The third kappa shape index (κ3) is 4.90. The maximum Gasteiger partial charge on any atom is 0.255 e. The number of hydrogen-bond acceptors (Lipinski definition) is 3. The number of hydrogen-bond donors (Lipinski definition) is 1. The highest BCUT2D eigenvalue weighted by Crippen LogP contribution is 2.19. The lowest BCUT2D eigenvalue weighted by Crippen LogP contribution is -2.35. The van der Waals surface area contributed by atoms with E-state index in [2.05, 4.69) is 10.4 Å². The summed E-state index contributed by atoms with van der Waals surface area (Å²) in [6, 6.07) is 16.4. The Labute approximate surface area is 171 Å². The molecule has 0 aliphatic rings. The monoisotopic (exact) mass is 394 g/mol. The lowest BCUT2D eigenvalue weighted by Gasteiger charge is -2.25. The average Bonchev–Trinajstić information content (AvgIpc) is 2.95. The Morgan fingerprint density at radius 1 is 1.14 bits per heavy atom. The van der Waals surface area contributed by atoms with Crippen LogP contribution in [0.2, 0.25) is 0 Å². The molecule has 0 saturated carbocycles. The zero-order valence-corrected chi connectivity index (χ0v) is 17.3. The highest BCUT2D eigenvalue weighted by Gasteiger charge is 2.21. The number of aryl methyl sites for hydroxylation is 1. The van der Waals surface area contributed by atoms with Crippen molar-refractivity contribution in [2.24, 2.45) is 0 Å². The Bertz CT molecular complexity index is 982. The minimum absolute atomic E-state index is 0.130. The van der Waals surface area contributed by atoms with Crippen LogP contribution in [-0.4, -0.2) is 41.2 Å². The van der Waals surface area contributed by atoms with Gasteiger partial charge in [0.15, 0.2) is 0 Å². The van der Waals surface area contributed by atoms with E-state index >= 15 is 0 Å². The number of likely N-dealkylation sites (N-methyl/N-ethyl adjacent to an activating group) is 1. The van der Waals surface area contributed by atoms with Crippen molar-refractivity contribution in [2.75, 3.05) is 20.6 Å². The molecule has 29 heavy (non-hydrogen) atoms. The molecule has 0 aliphatic carbocycles. The van der Waals surface area contributed by atoms with Gasteiger partial charge in [0.1, 0.15) is 5.82 Å². The second kappa shape index (κ2) is 9.01. The Kier molecular flexibility index (Phi) is 6.44. The third-order valence-corrected chi connectivity index (χ3v) is 5.10. The van der Waals surface area contributed by atoms with Crippen LogP contribution >= 0.6 is 0 Å². The van der Waals surface area contributed by atoms with Gasteiger partial charge in [0.2, 0.25) is 0 Å². The summed E-state index contributed by atoms with van der Waals surface area (Å²) in [7, 11) is 3.83. The zero-order chi connectivity index (χ0) is 21.0. The molecule has 0 saturated heterocycles. The standard InChI is InChI=1S/C23H27FN4O/c1-16-22(17(2)28(26-16)15-18-9-6-5-7-10-18)23(29)25-14-21(27(3)4)19-11-8-12-20(24)13-19/h5-13,21H,14-15H2,1-4H3,(H,25,29). The molecule has 1 atom stereocenters. The molecule has 0 radical (unpaired) electrons. The summed E-state index contributed by atoms with van der Waals surface area (Å²) in [5.74, 6) is -0.447.